The smallest absolute Gasteiger partial charge is 0.269 e. The number of aliphatic hydroxyl groups is 1. The Bertz CT molecular complexity index is 506. The lowest BCUT2D eigenvalue weighted by Crippen LogP contribution is -2.35. The van der Waals surface area contributed by atoms with Crippen molar-refractivity contribution in [1.82, 2.24) is 5.32 Å². The molecule has 108 valence electrons. The van der Waals surface area contributed by atoms with Crippen molar-refractivity contribution in [3.05, 3.63) is 46.0 Å². The van der Waals surface area contributed by atoms with E-state index in [0.29, 0.717) is 12.1 Å². The molecule has 1 aromatic rings. The molecular weight excluding hydrogens is 260 g/mol. The maximum absolute atomic E-state index is 11.6. The zero-order chi connectivity index (χ0) is 15.2. The molecule has 2 N–H and O–H groups in total. The highest BCUT2D eigenvalue weighted by Gasteiger charge is 2.16. The molecule has 0 aliphatic carbocycles. The van der Waals surface area contributed by atoms with Crippen LogP contribution in [-0.2, 0) is 4.79 Å². The van der Waals surface area contributed by atoms with E-state index < -0.39 is 4.92 Å². The third-order valence-electron chi connectivity index (χ3n) is 2.70. The minimum atomic E-state index is -0.475. The minimum Gasteiger partial charge on any atom is -0.396 e. The molecule has 0 bridgehead atoms. The van der Waals surface area contributed by atoms with Crippen LogP contribution in [0.15, 0.2) is 30.3 Å². The molecule has 0 unspecified atom stereocenters. The van der Waals surface area contributed by atoms with Crippen molar-refractivity contribution in [1.29, 1.82) is 0 Å². The van der Waals surface area contributed by atoms with Gasteiger partial charge in [-0.25, -0.2) is 0 Å². The highest BCUT2D eigenvalue weighted by atomic mass is 16.6. The van der Waals surface area contributed by atoms with Gasteiger partial charge in [0.2, 0.25) is 5.91 Å². The number of nitro benzene ring substituents is 1. The summed E-state index contributed by atoms with van der Waals surface area (Å²) >= 11 is 0. The number of nitro groups is 1. The van der Waals surface area contributed by atoms with Gasteiger partial charge in [-0.15, -0.1) is 0 Å². The second kappa shape index (κ2) is 6.81. The predicted octanol–water partition coefficient (Wildman–Crippen LogP) is 1.74. The summed E-state index contributed by atoms with van der Waals surface area (Å²) in [5.74, 6) is -0.273. The Balaban J connectivity index is 2.55. The van der Waals surface area contributed by atoms with Crippen LogP contribution >= 0.6 is 0 Å². The number of aliphatic hydroxyl groups excluding tert-OH is 1. The number of rotatable bonds is 6. The Kier molecular flexibility index (Phi) is 5.40. The van der Waals surface area contributed by atoms with Gasteiger partial charge in [-0.2, -0.15) is 0 Å². The minimum absolute atomic E-state index is 0.0105. The van der Waals surface area contributed by atoms with E-state index in [1.807, 2.05) is 13.8 Å². The summed E-state index contributed by atoms with van der Waals surface area (Å²) in [5.41, 5.74) is 0.347. The summed E-state index contributed by atoms with van der Waals surface area (Å²) in [5, 5.41) is 22.2. The van der Waals surface area contributed by atoms with Crippen molar-refractivity contribution >= 4 is 17.7 Å². The van der Waals surface area contributed by atoms with Crippen molar-refractivity contribution in [2.45, 2.75) is 13.8 Å². The van der Waals surface area contributed by atoms with Crippen molar-refractivity contribution < 1.29 is 14.8 Å². The summed E-state index contributed by atoms with van der Waals surface area (Å²) < 4.78 is 0. The lowest BCUT2D eigenvalue weighted by molar-refractivity contribution is -0.384. The van der Waals surface area contributed by atoms with Gasteiger partial charge in [0.25, 0.3) is 5.69 Å². The summed E-state index contributed by atoms with van der Waals surface area (Å²) in [6, 6.07) is 5.90. The van der Waals surface area contributed by atoms with Gasteiger partial charge < -0.3 is 10.4 Å². The van der Waals surface area contributed by atoms with Gasteiger partial charge in [0, 0.05) is 36.8 Å². The van der Waals surface area contributed by atoms with Crippen LogP contribution in [0.4, 0.5) is 5.69 Å². The van der Waals surface area contributed by atoms with Crippen LogP contribution in [0.5, 0.6) is 0 Å². The summed E-state index contributed by atoms with van der Waals surface area (Å²) in [6.07, 6.45) is 2.93. The quantitative estimate of drug-likeness (QED) is 0.471. The van der Waals surface area contributed by atoms with E-state index in [1.54, 1.807) is 18.2 Å². The van der Waals surface area contributed by atoms with E-state index in [1.165, 1.54) is 18.2 Å². The van der Waals surface area contributed by atoms with Gasteiger partial charge in [-0.05, 0) is 23.8 Å². The molecule has 6 heteroatoms. The molecule has 1 aromatic carbocycles. The number of nitrogens with zero attached hydrogens (tertiary/aromatic N) is 1. The number of hydrogen-bond acceptors (Lipinski definition) is 4. The monoisotopic (exact) mass is 278 g/mol. The lowest BCUT2D eigenvalue weighted by atomic mass is 9.95. The van der Waals surface area contributed by atoms with Crippen molar-refractivity contribution in [2.75, 3.05) is 13.2 Å². The second-order valence-corrected chi connectivity index (χ2v) is 5.22. The van der Waals surface area contributed by atoms with Gasteiger partial charge in [0.15, 0.2) is 0 Å². The van der Waals surface area contributed by atoms with Crippen LogP contribution in [0.3, 0.4) is 0 Å². The van der Waals surface area contributed by atoms with E-state index >= 15 is 0 Å². The highest BCUT2D eigenvalue weighted by molar-refractivity contribution is 5.91. The maximum atomic E-state index is 11.6. The fourth-order valence-corrected chi connectivity index (χ4v) is 1.32. The number of carbonyl (C=O) groups is 1. The van der Waals surface area contributed by atoms with Crippen molar-refractivity contribution in [3.8, 4) is 0 Å². The molecule has 0 fully saturated rings. The van der Waals surface area contributed by atoms with Gasteiger partial charge in [0.05, 0.1) is 4.92 Å². The number of nitrogens with one attached hydrogen (secondary N) is 1. The van der Waals surface area contributed by atoms with Crippen LogP contribution < -0.4 is 5.32 Å². The summed E-state index contributed by atoms with van der Waals surface area (Å²) in [7, 11) is 0. The van der Waals surface area contributed by atoms with Crippen LogP contribution in [0.25, 0.3) is 6.08 Å². The normalized spacial score (nSPS) is 11.6. The Labute approximate surface area is 117 Å². The number of non-ortho nitro benzene ring substituents is 1. The molecule has 0 saturated heterocycles. The predicted molar refractivity (Wildman–Crippen MR) is 76.0 cm³/mol. The molecule has 20 heavy (non-hydrogen) atoms. The van der Waals surface area contributed by atoms with Gasteiger partial charge in [-0.3, -0.25) is 14.9 Å². The molecular formula is C14H18N2O4. The number of carbonyl (C=O) groups excluding carboxylic acids is 1. The molecule has 0 radical (unpaired) electrons. The second-order valence-electron chi connectivity index (χ2n) is 5.22. The van der Waals surface area contributed by atoms with Gasteiger partial charge >= 0.3 is 0 Å². The van der Waals surface area contributed by atoms with Crippen LogP contribution in [-0.4, -0.2) is 29.1 Å². The van der Waals surface area contributed by atoms with E-state index in [0.717, 1.165) is 0 Å². The summed E-state index contributed by atoms with van der Waals surface area (Å²) in [6.45, 7) is 4.03. The maximum Gasteiger partial charge on any atom is 0.269 e. The molecule has 0 saturated carbocycles. The lowest BCUT2D eigenvalue weighted by Gasteiger charge is -2.21. The molecule has 6 nitrogen and oxygen atoms in total. The molecule has 0 atom stereocenters. The van der Waals surface area contributed by atoms with E-state index in [4.69, 9.17) is 5.11 Å². The first-order valence-electron chi connectivity index (χ1n) is 6.15. The Morgan fingerprint density at radius 3 is 2.50 bits per heavy atom. The fourth-order valence-electron chi connectivity index (χ4n) is 1.32. The molecule has 1 rings (SSSR count). The highest BCUT2D eigenvalue weighted by Crippen LogP contribution is 2.13. The van der Waals surface area contributed by atoms with Crippen LogP contribution in [0.1, 0.15) is 19.4 Å². The average Bonchev–Trinajstić information content (AvgIpc) is 2.43. The van der Waals surface area contributed by atoms with Gasteiger partial charge in [0.1, 0.15) is 0 Å². The van der Waals surface area contributed by atoms with E-state index in [-0.39, 0.29) is 23.6 Å². The first-order chi connectivity index (χ1) is 9.34. The standard InChI is InChI=1S/C14H18N2O4/c1-14(2,10-17)9-15-13(18)8-5-11-3-6-12(7-4-11)16(19)20/h3-8,17H,9-10H2,1-2H3,(H,15,18)/b8-5+. The van der Waals surface area contributed by atoms with Crippen LogP contribution in [0.2, 0.25) is 0 Å². The molecule has 0 heterocycles. The van der Waals surface area contributed by atoms with Crippen LogP contribution in [0, 0.1) is 15.5 Å². The van der Waals surface area contributed by atoms with E-state index in [2.05, 4.69) is 5.32 Å². The van der Waals surface area contributed by atoms with E-state index in [9.17, 15) is 14.9 Å². The Hall–Kier alpha value is -2.21. The molecule has 0 aliphatic heterocycles. The summed E-state index contributed by atoms with van der Waals surface area (Å²) in [4.78, 5) is 21.6. The third kappa shape index (κ3) is 5.19. The first-order valence-corrected chi connectivity index (χ1v) is 6.15. The third-order valence-corrected chi connectivity index (χ3v) is 2.70. The topological polar surface area (TPSA) is 92.5 Å². The number of hydrogen-bond donors (Lipinski definition) is 2. The van der Waals surface area contributed by atoms with Crippen molar-refractivity contribution in [3.63, 3.8) is 0 Å². The molecule has 1 amide bonds. The Morgan fingerprint density at radius 2 is 2.00 bits per heavy atom. The number of benzene rings is 1. The molecule has 0 aliphatic rings. The average molecular weight is 278 g/mol. The zero-order valence-corrected chi connectivity index (χ0v) is 11.5. The molecule has 0 aromatic heterocycles. The number of amides is 1. The largest absolute Gasteiger partial charge is 0.396 e. The Morgan fingerprint density at radius 1 is 1.40 bits per heavy atom. The fraction of sp³-hybridized carbons (Fsp3) is 0.357. The molecule has 0 spiro atoms. The van der Waals surface area contributed by atoms with Crippen molar-refractivity contribution in [2.24, 2.45) is 5.41 Å². The van der Waals surface area contributed by atoms with Gasteiger partial charge in [-0.1, -0.05) is 13.8 Å². The zero-order valence-electron chi connectivity index (χ0n) is 11.5. The SMILES string of the molecule is CC(C)(CO)CNC(=O)/C=C/c1ccc([N+](=O)[O-])cc1. The first kappa shape index (κ1) is 15.8.